The van der Waals surface area contributed by atoms with E-state index in [1.165, 1.54) is 11.3 Å². The number of hydrogen-bond donors (Lipinski definition) is 0. The van der Waals surface area contributed by atoms with Gasteiger partial charge in [0.05, 0.1) is 0 Å². The molecule has 64 valence electrons. The van der Waals surface area contributed by atoms with Crippen molar-refractivity contribution in [1.82, 2.24) is 4.90 Å². The smallest absolute Gasteiger partial charge is 0.0276 e. The summed E-state index contributed by atoms with van der Waals surface area (Å²) in [5, 5.41) is 0. The van der Waals surface area contributed by atoms with E-state index in [4.69, 9.17) is 0 Å². The largest absolute Gasteiger partial charge is 0.350 e. The van der Waals surface area contributed by atoms with Gasteiger partial charge in [-0.1, -0.05) is 12.2 Å². The minimum atomic E-state index is 0.502. The van der Waals surface area contributed by atoms with Crippen LogP contribution in [-0.4, -0.2) is 10.9 Å². The third-order valence-corrected chi connectivity index (χ3v) is 1.86. The SMILES string of the molecule is C=CN(C(C)=C(C)C)C(C)C. The summed E-state index contributed by atoms with van der Waals surface area (Å²) in [5.41, 5.74) is 2.65. The Morgan fingerprint density at radius 3 is 1.82 bits per heavy atom. The van der Waals surface area contributed by atoms with Crippen LogP contribution in [0.2, 0.25) is 0 Å². The summed E-state index contributed by atoms with van der Waals surface area (Å²) in [7, 11) is 0. The van der Waals surface area contributed by atoms with E-state index in [0.717, 1.165) is 0 Å². The number of allylic oxidation sites excluding steroid dienone is 2. The van der Waals surface area contributed by atoms with Gasteiger partial charge < -0.3 is 4.90 Å². The molecule has 0 atom stereocenters. The van der Waals surface area contributed by atoms with Gasteiger partial charge in [-0.3, -0.25) is 0 Å². The third kappa shape index (κ3) is 2.79. The first kappa shape index (κ1) is 10.3. The minimum absolute atomic E-state index is 0.502. The maximum Gasteiger partial charge on any atom is 0.0276 e. The van der Waals surface area contributed by atoms with Crippen LogP contribution in [0, 0.1) is 0 Å². The Balaban J connectivity index is 4.52. The maximum absolute atomic E-state index is 3.78. The van der Waals surface area contributed by atoms with Gasteiger partial charge in [-0.05, 0) is 40.8 Å². The summed E-state index contributed by atoms with van der Waals surface area (Å²) in [5.74, 6) is 0. The molecular weight excluding hydrogens is 134 g/mol. The van der Waals surface area contributed by atoms with E-state index in [-0.39, 0.29) is 0 Å². The molecule has 0 saturated carbocycles. The zero-order chi connectivity index (χ0) is 9.02. The zero-order valence-corrected chi connectivity index (χ0v) is 8.31. The van der Waals surface area contributed by atoms with Gasteiger partial charge in [0.15, 0.2) is 0 Å². The predicted molar refractivity (Wildman–Crippen MR) is 51.2 cm³/mol. The standard InChI is InChI=1S/C10H19N/c1-7-11(9(4)5)10(6)8(2)3/h7,9H,1H2,2-6H3. The molecule has 0 radical (unpaired) electrons. The van der Waals surface area contributed by atoms with Crippen molar-refractivity contribution >= 4 is 0 Å². The number of nitrogens with zero attached hydrogens (tertiary/aromatic N) is 1. The topological polar surface area (TPSA) is 3.24 Å². The molecule has 1 heteroatoms. The zero-order valence-electron chi connectivity index (χ0n) is 8.31. The van der Waals surface area contributed by atoms with Crippen LogP contribution in [-0.2, 0) is 0 Å². The van der Waals surface area contributed by atoms with Crippen LogP contribution >= 0.6 is 0 Å². The van der Waals surface area contributed by atoms with Gasteiger partial charge >= 0.3 is 0 Å². The normalized spacial score (nSPS) is 9.64. The Hall–Kier alpha value is -0.720. The van der Waals surface area contributed by atoms with Gasteiger partial charge in [-0.2, -0.15) is 0 Å². The quantitative estimate of drug-likeness (QED) is 0.602. The Kier molecular flexibility index (Phi) is 3.94. The molecule has 0 aliphatic carbocycles. The van der Waals surface area contributed by atoms with Crippen LogP contribution in [0.3, 0.4) is 0 Å². The van der Waals surface area contributed by atoms with Crippen LogP contribution < -0.4 is 0 Å². The van der Waals surface area contributed by atoms with Gasteiger partial charge in [-0.15, -0.1) is 0 Å². The molecule has 0 aliphatic rings. The molecule has 0 N–H and O–H groups in total. The molecule has 0 aliphatic heterocycles. The van der Waals surface area contributed by atoms with E-state index in [1.807, 2.05) is 6.20 Å². The monoisotopic (exact) mass is 153 g/mol. The molecule has 0 aromatic heterocycles. The second-order valence-electron chi connectivity index (χ2n) is 3.27. The fraction of sp³-hybridized carbons (Fsp3) is 0.600. The predicted octanol–water partition coefficient (Wildman–Crippen LogP) is 3.15. The molecule has 0 heterocycles. The molecule has 0 fully saturated rings. The highest BCUT2D eigenvalue weighted by molar-refractivity contribution is 5.09. The van der Waals surface area contributed by atoms with Gasteiger partial charge in [0.2, 0.25) is 0 Å². The second-order valence-corrected chi connectivity index (χ2v) is 3.27. The Labute approximate surface area is 70.4 Å². The van der Waals surface area contributed by atoms with Crippen LogP contribution in [0.25, 0.3) is 0 Å². The highest BCUT2D eigenvalue weighted by atomic mass is 15.1. The summed E-state index contributed by atoms with van der Waals surface area (Å²) in [4.78, 5) is 2.18. The molecule has 0 spiro atoms. The summed E-state index contributed by atoms with van der Waals surface area (Å²) < 4.78 is 0. The molecule has 0 amide bonds. The van der Waals surface area contributed by atoms with Crippen molar-refractivity contribution in [2.24, 2.45) is 0 Å². The fourth-order valence-electron chi connectivity index (χ4n) is 0.993. The summed E-state index contributed by atoms with van der Waals surface area (Å²) in [6, 6.07) is 0.502. The van der Waals surface area contributed by atoms with E-state index in [2.05, 4.69) is 46.1 Å². The molecule has 0 unspecified atom stereocenters. The first-order chi connectivity index (χ1) is 5.00. The molecule has 0 rings (SSSR count). The van der Waals surface area contributed by atoms with Crippen LogP contribution in [0.5, 0.6) is 0 Å². The van der Waals surface area contributed by atoms with Crippen LogP contribution in [0.4, 0.5) is 0 Å². The molecule has 0 aromatic carbocycles. The first-order valence-corrected chi connectivity index (χ1v) is 4.05. The van der Waals surface area contributed by atoms with Crippen molar-refractivity contribution in [3.8, 4) is 0 Å². The summed E-state index contributed by atoms with van der Waals surface area (Å²) in [6.45, 7) is 14.5. The highest BCUT2D eigenvalue weighted by Gasteiger charge is 2.05. The number of rotatable bonds is 3. The lowest BCUT2D eigenvalue weighted by molar-refractivity contribution is 0.382. The second kappa shape index (κ2) is 4.22. The van der Waals surface area contributed by atoms with E-state index in [9.17, 15) is 0 Å². The Morgan fingerprint density at radius 1 is 1.27 bits per heavy atom. The van der Waals surface area contributed by atoms with Crippen molar-refractivity contribution < 1.29 is 0 Å². The Morgan fingerprint density at radius 2 is 1.73 bits per heavy atom. The van der Waals surface area contributed by atoms with E-state index in [1.54, 1.807) is 0 Å². The third-order valence-electron chi connectivity index (χ3n) is 1.86. The van der Waals surface area contributed by atoms with Crippen LogP contribution in [0.1, 0.15) is 34.6 Å². The van der Waals surface area contributed by atoms with Crippen molar-refractivity contribution in [2.75, 3.05) is 0 Å². The molecule has 0 bridgehead atoms. The summed E-state index contributed by atoms with van der Waals surface area (Å²) in [6.07, 6.45) is 1.88. The lowest BCUT2D eigenvalue weighted by atomic mass is 10.2. The van der Waals surface area contributed by atoms with Crippen molar-refractivity contribution in [3.63, 3.8) is 0 Å². The molecular formula is C10H19N. The van der Waals surface area contributed by atoms with Gasteiger partial charge in [-0.25, -0.2) is 0 Å². The average molecular weight is 153 g/mol. The van der Waals surface area contributed by atoms with Gasteiger partial charge in [0.1, 0.15) is 0 Å². The summed E-state index contributed by atoms with van der Waals surface area (Å²) >= 11 is 0. The van der Waals surface area contributed by atoms with Crippen molar-refractivity contribution in [1.29, 1.82) is 0 Å². The average Bonchev–Trinajstić information content (AvgIpc) is 1.88. The number of hydrogen-bond acceptors (Lipinski definition) is 1. The lowest BCUT2D eigenvalue weighted by Crippen LogP contribution is -2.23. The van der Waals surface area contributed by atoms with E-state index in [0.29, 0.717) is 6.04 Å². The molecule has 0 saturated heterocycles. The minimum Gasteiger partial charge on any atom is -0.350 e. The Bertz CT molecular complexity index is 162. The van der Waals surface area contributed by atoms with Gasteiger partial charge in [0.25, 0.3) is 0 Å². The molecule has 1 nitrogen and oxygen atoms in total. The molecule has 0 aromatic rings. The highest BCUT2D eigenvalue weighted by Crippen LogP contribution is 2.12. The van der Waals surface area contributed by atoms with Crippen molar-refractivity contribution in [3.05, 3.63) is 24.0 Å². The van der Waals surface area contributed by atoms with Crippen molar-refractivity contribution in [2.45, 2.75) is 40.7 Å². The first-order valence-electron chi connectivity index (χ1n) is 4.05. The maximum atomic E-state index is 3.78. The fourth-order valence-corrected chi connectivity index (χ4v) is 0.993. The van der Waals surface area contributed by atoms with Crippen LogP contribution in [0.15, 0.2) is 24.0 Å². The van der Waals surface area contributed by atoms with Gasteiger partial charge in [0, 0.05) is 11.7 Å². The molecule has 11 heavy (non-hydrogen) atoms. The van der Waals surface area contributed by atoms with E-state index >= 15 is 0 Å². The lowest BCUT2D eigenvalue weighted by Gasteiger charge is -2.26. The van der Waals surface area contributed by atoms with E-state index < -0.39 is 0 Å².